The maximum absolute atomic E-state index is 14.2. The van der Waals surface area contributed by atoms with Gasteiger partial charge in [-0.15, -0.1) is 11.3 Å². The van der Waals surface area contributed by atoms with Gasteiger partial charge in [-0.3, -0.25) is 23.6 Å². The SMILES string of the molecule is Cn1ccc(N2CC[C@@H](NC(=O)[C@@H]3CC[C@@H]4CCCC[C@H](NC(=O)c5cc6cc(C(F)P(=O)(O)O)ccc6s5)C(=O)N43)C2)n1. The van der Waals surface area contributed by atoms with Gasteiger partial charge in [-0.2, -0.15) is 5.10 Å². The Morgan fingerprint density at radius 2 is 1.89 bits per heavy atom. The van der Waals surface area contributed by atoms with E-state index in [1.807, 2.05) is 19.3 Å². The van der Waals surface area contributed by atoms with E-state index in [0.29, 0.717) is 34.3 Å². The van der Waals surface area contributed by atoms with Gasteiger partial charge in [0, 0.05) is 49.2 Å². The van der Waals surface area contributed by atoms with Crippen LogP contribution >= 0.6 is 18.9 Å². The molecule has 1 unspecified atom stereocenters. The third-order valence-electron chi connectivity index (χ3n) is 8.84. The molecule has 2 aromatic heterocycles. The minimum atomic E-state index is -4.97. The lowest BCUT2D eigenvalue weighted by Crippen LogP contribution is -2.57. The number of hydrogen-bond donors (Lipinski definition) is 4. The minimum absolute atomic E-state index is 0.0493. The summed E-state index contributed by atoms with van der Waals surface area (Å²) in [5, 5.41) is 11.0. The standard InChI is InChI=1S/C29H36FN6O6PS/c1-34-12-11-25(33-34)35-13-10-19(16-35)31-27(37)22-8-7-20-4-2-3-5-21(29(39)36(20)22)32-28(38)24-15-18-14-17(6-9-23(18)44-24)26(30)43(40,41)42/h6,9,11-12,14-15,19-22,26H,2-5,7-8,10,13,16H2,1H3,(H,31,37)(H,32,38)(H2,40,41,42)/t19-,20+,21+,22+,26?/m1/s1. The molecule has 0 aliphatic carbocycles. The lowest BCUT2D eigenvalue weighted by atomic mass is 9.99. The van der Waals surface area contributed by atoms with Gasteiger partial charge < -0.3 is 30.2 Å². The molecule has 236 valence electrons. The minimum Gasteiger partial charge on any atom is -0.353 e. The monoisotopic (exact) mass is 646 g/mol. The van der Waals surface area contributed by atoms with Gasteiger partial charge in [-0.25, -0.2) is 4.39 Å². The molecule has 3 aromatic rings. The van der Waals surface area contributed by atoms with Crippen molar-refractivity contribution >= 4 is 52.6 Å². The molecule has 0 bridgehead atoms. The molecule has 0 saturated carbocycles. The molecule has 0 radical (unpaired) electrons. The van der Waals surface area contributed by atoms with Crippen LogP contribution in [0.4, 0.5) is 10.2 Å². The zero-order valence-corrected chi connectivity index (χ0v) is 26.0. The number of aromatic nitrogens is 2. The third-order valence-corrected chi connectivity index (χ3v) is 10.8. The van der Waals surface area contributed by atoms with Crippen molar-refractivity contribution in [1.82, 2.24) is 25.3 Å². The summed E-state index contributed by atoms with van der Waals surface area (Å²) in [5.41, 5.74) is -0.169. The summed E-state index contributed by atoms with van der Waals surface area (Å²) in [6, 6.07) is 6.12. The van der Waals surface area contributed by atoms with Gasteiger partial charge in [0.25, 0.3) is 5.91 Å². The first-order valence-corrected chi connectivity index (χ1v) is 17.4. The van der Waals surface area contributed by atoms with Crippen LogP contribution in [0.25, 0.3) is 10.1 Å². The fourth-order valence-electron chi connectivity index (χ4n) is 6.62. The van der Waals surface area contributed by atoms with Crippen molar-refractivity contribution in [3.05, 3.63) is 47.0 Å². The van der Waals surface area contributed by atoms with Gasteiger partial charge in [0.2, 0.25) is 17.7 Å². The predicted octanol–water partition coefficient (Wildman–Crippen LogP) is 3.21. The summed E-state index contributed by atoms with van der Waals surface area (Å²) in [6.07, 6.45) is 6.88. The first-order valence-electron chi connectivity index (χ1n) is 14.9. The zero-order chi connectivity index (χ0) is 31.2. The van der Waals surface area contributed by atoms with Crippen LogP contribution < -0.4 is 15.5 Å². The van der Waals surface area contributed by atoms with E-state index in [4.69, 9.17) is 0 Å². The number of anilines is 1. The molecule has 3 amide bonds. The van der Waals surface area contributed by atoms with Crippen LogP contribution in [0.15, 0.2) is 36.5 Å². The van der Waals surface area contributed by atoms with Gasteiger partial charge in [0.15, 0.2) is 5.82 Å². The Hall–Kier alpha value is -3.32. The highest BCUT2D eigenvalue weighted by Gasteiger charge is 2.44. The number of fused-ring (bicyclic) bond motifs is 2. The number of amides is 3. The van der Waals surface area contributed by atoms with Crippen molar-refractivity contribution in [2.24, 2.45) is 7.05 Å². The maximum atomic E-state index is 14.2. The van der Waals surface area contributed by atoms with Gasteiger partial charge in [0.1, 0.15) is 12.1 Å². The molecule has 3 saturated heterocycles. The fraction of sp³-hybridized carbons (Fsp3) is 0.517. The van der Waals surface area contributed by atoms with E-state index in [0.717, 1.165) is 55.8 Å². The Morgan fingerprint density at radius 3 is 2.64 bits per heavy atom. The highest BCUT2D eigenvalue weighted by molar-refractivity contribution is 7.51. The van der Waals surface area contributed by atoms with Crippen LogP contribution in [0.1, 0.15) is 66.1 Å². The maximum Gasteiger partial charge on any atom is 0.363 e. The molecule has 5 atom stereocenters. The number of thiophene rings is 1. The average molecular weight is 647 g/mol. The summed E-state index contributed by atoms with van der Waals surface area (Å²) in [4.78, 5) is 63.3. The number of halogens is 1. The summed E-state index contributed by atoms with van der Waals surface area (Å²) in [7, 11) is -3.11. The molecule has 15 heteroatoms. The van der Waals surface area contributed by atoms with Crippen molar-refractivity contribution in [3.63, 3.8) is 0 Å². The van der Waals surface area contributed by atoms with E-state index >= 15 is 0 Å². The Morgan fingerprint density at radius 1 is 1.09 bits per heavy atom. The van der Waals surface area contributed by atoms with Gasteiger partial charge >= 0.3 is 7.60 Å². The van der Waals surface area contributed by atoms with Crippen LogP contribution in [0.5, 0.6) is 0 Å². The molecule has 4 N–H and O–H groups in total. The van der Waals surface area contributed by atoms with E-state index in [2.05, 4.69) is 20.6 Å². The van der Waals surface area contributed by atoms with Crippen LogP contribution in [0.3, 0.4) is 0 Å². The first-order chi connectivity index (χ1) is 21.0. The molecule has 6 rings (SSSR count). The summed E-state index contributed by atoms with van der Waals surface area (Å²) < 4.78 is 28.0. The van der Waals surface area contributed by atoms with Gasteiger partial charge in [-0.1, -0.05) is 18.9 Å². The molecular formula is C29H36FN6O6PS. The number of benzene rings is 1. The quantitative estimate of drug-likeness (QED) is 0.285. The highest BCUT2D eigenvalue weighted by atomic mass is 32.1. The average Bonchev–Trinajstić information content (AvgIpc) is 3.78. The Labute approximate surface area is 257 Å². The lowest BCUT2D eigenvalue weighted by Gasteiger charge is -2.35. The second-order valence-electron chi connectivity index (χ2n) is 11.9. The Bertz CT molecular complexity index is 1620. The number of nitrogens with zero attached hydrogens (tertiary/aromatic N) is 4. The third kappa shape index (κ3) is 6.26. The lowest BCUT2D eigenvalue weighted by molar-refractivity contribution is -0.142. The van der Waals surface area contributed by atoms with Gasteiger partial charge in [-0.05, 0) is 61.3 Å². The molecule has 5 heterocycles. The molecule has 3 aliphatic heterocycles. The molecule has 0 spiro atoms. The van der Waals surface area contributed by atoms with Crippen molar-refractivity contribution < 1.29 is 33.1 Å². The van der Waals surface area contributed by atoms with E-state index in [9.17, 15) is 33.1 Å². The highest BCUT2D eigenvalue weighted by Crippen LogP contribution is 2.53. The van der Waals surface area contributed by atoms with E-state index in [1.165, 1.54) is 24.3 Å². The number of hydrogen-bond acceptors (Lipinski definition) is 7. The zero-order valence-electron chi connectivity index (χ0n) is 24.3. The molecule has 1 aromatic carbocycles. The Kier molecular flexibility index (Phi) is 8.53. The smallest absolute Gasteiger partial charge is 0.353 e. The first kappa shape index (κ1) is 30.7. The van der Waals surface area contributed by atoms with Crippen LogP contribution in [0.2, 0.25) is 0 Å². The second kappa shape index (κ2) is 12.2. The molecule has 12 nitrogen and oxygen atoms in total. The number of carbonyl (C=O) groups excluding carboxylic acids is 3. The van der Waals surface area contributed by atoms with Gasteiger partial charge in [0.05, 0.1) is 4.88 Å². The molecular weight excluding hydrogens is 610 g/mol. The van der Waals surface area contributed by atoms with Crippen molar-refractivity contribution in [1.29, 1.82) is 0 Å². The number of alkyl halides is 1. The van der Waals surface area contributed by atoms with Crippen molar-refractivity contribution in [2.75, 3.05) is 18.0 Å². The number of rotatable bonds is 7. The fourth-order valence-corrected chi connectivity index (χ4v) is 8.12. The van der Waals surface area contributed by atoms with Crippen molar-refractivity contribution in [2.45, 2.75) is 75.0 Å². The number of nitrogens with one attached hydrogen (secondary N) is 2. The summed E-state index contributed by atoms with van der Waals surface area (Å²) in [5.74, 6) is -2.47. The van der Waals surface area contributed by atoms with Crippen LogP contribution in [-0.2, 0) is 21.2 Å². The van der Waals surface area contributed by atoms with Crippen LogP contribution in [0, 0.1) is 0 Å². The Balaban J connectivity index is 1.13. The van der Waals surface area contributed by atoms with Crippen LogP contribution in [-0.4, -0.2) is 79.4 Å². The van der Waals surface area contributed by atoms with E-state index in [1.54, 1.807) is 9.58 Å². The number of carbonyl (C=O) groups is 3. The topological polar surface area (TPSA) is 157 Å². The molecule has 3 fully saturated rings. The predicted molar refractivity (Wildman–Crippen MR) is 163 cm³/mol. The number of aryl methyl sites for hydroxylation is 1. The largest absolute Gasteiger partial charge is 0.363 e. The molecule has 3 aliphatic rings. The van der Waals surface area contributed by atoms with Crippen molar-refractivity contribution in [3.8, 4) is 0 Å². The normalized spacial score (nSPS) is 25.0. The summed E-state index contributed by atoms with van der Waals surface area (Å²) in [6.45, 7) is 1.43. The van der Waals surface area contributed by atoms with E-state index in [-0.39, 0.29) is 29.5 Å². The summed E-state index contributed by atoms with van der Waals surface area (Å²) >= 11 is 1.15. The van der Waals surface area contributed by atoms with E-state index < -0.39 is 31.5 Å². The second-order valence-corrected chi connectivity index (χ2v) is 14.6. The molecule has 44 heavy (non-hydrogen) atoms.